The predicted molar refractivity (Wildman–Crippen MR) is 141 cm³/mol. The minimum Gasteiger partial charge on any atom is -0.444 e. The van der Waals surface area contributed by atoms with Crippen LogP contribution in [0.15, 0.2) is 36.5 Å². The van der Waals surface area contributed by atoms with Crippen molar-refractivity contribution >= 4 is 50.7 Å². The van der Waals surface area contributed by atoms with Gasteiger partial charge >= 0.3 is 6.09 Å². The van der Waals surface area contributed by atoms with E-state index in [2.05, 4.69) is 20.9 Å². The zero-order valence-corrected chi connectivity index (χ0v) is 21.8. The van der Waals surface area contributed by atoms with E-state index in [4.69, 9.17) is 4.74 Å². The number of thiophene rings is 1. The van der Waals surface area contributed by atoms with Crippen LogP contribution in [0.4, 0.5) is 16.2 Å². The van der Waals surface area contributed by atoms with Gasteiger partial charge in [0.05, 0.1) is 10.6 Å². The number of amides is 3. The summed E-state index contributed by atoms with van der Waals surface area (Å²) in [5.74, 6) is -0.414. The molecule has 2 aromatic heterocycles. The van der Waals surface area contributed by atoms with Crippen molar-refractivity contribution in [2.24, 2.45) is 7.05 Å². The Bertz CT molecular complexity index is 1220. The molecule has 0 unspecified atom stereocenters. The van der Waals surface area contributed by atoms with Crippen LogP contribution in [0.25, 0.3) is 10.1 Å². The number of aromatic nitrogens is 1. The van der Waals surface area contributed by atoms with E-state index < -0.39 is 11.7 Å². The fraction of sp³-hybridized carbons (Fsp3) is 0.400. The molecule has 0 aliphatic carbocycles. The van der Waals surface area contributed by atoms with Gasteiger partial charge in [0.25, 0.3) is 11.8 Å². The van der Waals surface area contributed by atoms with Crippen LogP contribution in [0, 0.1) is 0 Å². The van der Waals surface area contributed by atoms with Crippen LogP contribution >= 0.6 is 11.3 Å². The number of ether oxygens (including phenoxy) is 1. The lowest BCUT2D eigenvalue weighted by Crippen LogP contribution is -2.27. The van der Waals surface area contributed by atoms with E-state index in [1.165, 1.54) is 11.3 Å². The van der Waals surface area contributed by atoms with Gasteiger partial charge in [-0.3, -0.25) is 14.9 Å². The molecular formula is C25H33N5O4S. The molecule has 0 fully saturated rings. The molecule has 10 heteroatoms. The van der Waals surface area contributed by atoms with E-state index in [-0.39, 0.29) is 11.8 Å². The minimum atomic E-state index is -0.619. The number of carbonyl (C=O) groups is 3. The maximum absolute atomic E-state index is 12.9. The van der Waals surface area contributed by atoms with Gasteiger partial charge in [-0.2, -0.15) is 0 Å². The fourth-order valence-corrected chi connectivity index (χ4v) is 4.35. The van der Waals surface area contributed by atoms with Crippen LogP contribution in [0.3, 0.4) is 0 Å². The monoisotopic (exact) mass is 499 g/mol. The van der Waals surface area contributed by atoms with E-state index >= 15 is 0 Å². The quantitative estimate of drug-likeness (QED) is 0.395. The fourth-order valence-electron chi connectivity index (χ4n) is 3.39. The maximum atomic E-state index is 12.9. The van der Waals surface area contributed by atoms with Crippen molar-refractivity contribution in [2.45, 2.75) is 32.8 Å². The van der Waals surface area contributed by atoms with Crippen molar-refractivity contribution in [1.82, 2.24) is 14.8 Å². The van der Waals surface area contributed by atoms with Gasteiger partial charge in [-0.15, -0.1) is 11.3 Å². The van der Waals surface area contributed by atoms with Gasteiger partial charge in [-0.05, 0) is 83.6 Å². The third-order valence-electron chi connectivity index (χ3n) is 4.95. The second-order valence-electron chi connectivity index (χ2n) is 9.58. The standard InChI is InChI=1S/C25H33N5O4S/c1-25(2,3)34-24(33)28-18-14-19(30(6)15-18)22(31)27-17-8-9-20-16(12-17)13-21(35-20)23(32)26-10-7-11-29(4)5/h8-9,12-15H,7,10-11H2,1-6H3,(H,26,32)(H,27,31)(H,28,33). The van der Waals surface area contributed by atoms with Gasteiger partial charge in [0.15, 0.2) is 0 Å². The molecule has 0 aliphatic heterocycles. The molecule has 3 N–H and O–H groups in total. The first-order chi connectivity index (χ1) is 16.4. The van der Waals surface area contributed by atoms with Gasteiger partial charge < -0.3 is 24.8 Å². The Hall–Kier alpha value is -3.37. The van der Waals surface area contributed by atoms with Gasteiger partial charge in [-0.1, -0.05) is 0 Å². The van der Waals surface area contributed by atoms with Crippen molar-refractivity contribution in [3.05, 3.63) is 47.1 Å². The number of anilines is 2. The van der Waals surface area contributed by atoms with Crippen molar-refractivity contribution in [3.63, 3.8) is 0 Å². The highest BCUT2D eigenvalue weighted by molar-refractivity contribution is 7.20. The number of benzene rings is 1. The van der Waals surface area contributed by atoms with Crippen LogP contribution in [0.2, 0.25) is 0 Å². The number of hydrogen-bond acceptors (Lipinski definition) is 6. The lowest BCUT2D eigenvalue weighted by molar-refractivity contribution is 0.0635. The van der Waals surface area contributed by atoms with Crippen LogP contribution < -0.4 is 16.0 Å². The number of aryl methyl sites for hydroxylation is 1. The number of rotatable bonds is 8. The largest absolute Gasteiger partial charge is 0.444 e. The zero-order chi connectivity index (χ0) is 25.8. The van der Waals surface area contributed by atoms with E-state index in [1.807, 2.05) is 32.3 Å². The van der Waals surface area contributed by atoms with Gasteiger partial charge in [0.2, 0.25) is 0 Å². The maximum Gasteiger partial charge on any atom is 0.412 e. The summed E-state index contributed by atoms with van der Waals surface area (Å²) < 4.78 is 7.85. The Morgan fingerprint density at radius 1 is 1.03 bits per heavy atom. The Morgan fingerprint density at radius 3 is 2.46 bits per heavy atom. The van der Waals surface area contributed by atoms with Crippen LogP contribution in [0.1, 0.15) is 47.4 Å². The second-order valence-corrected chi connectivity index (χ2v) is 10.7. The molecule has 35 heavy (non-hydrogen) atoms. The molecule has 3 aromatic rings. The number of fused-ring (bicyclic) bond motifs is 1. The molecule has 188 valence electrons. The summed E-state index contributed by atoms with van der Waals surface area (Å²) >= 11 is 1.42. The highest BCUT2D eigenvalue weighted by Crippen LogP contribution is 2.28. The Morgan fingerprint density at radius 2 is 1.77 bits per heavy atom. The lowest BCUT2D eigenvalue weighted by atomic mass is 10.2. The zero-order valence-electron chi connectivity index (χ0n) is 21.0. The van der Waals surface area contributed by atoms with Gasteiger partial charge in [0, 0.05) is 30.2 Å². The van der Waals surface area contributed by atoms with E-state index in [0.29, 0.717) is 28.5 Å². The molecule has 9 nitrogen and oxygen atoms in total. The van der Waals surface area contributed by atoms with Crippen LogP contribution in [-0.4, -0.2) is 60.2 Å². The van der Waals surface area contributed by atoms with Gasteiger partial charge in [0.1, 0.15) is 11.3 Å². The molecule has 0 saturated heterocycles. The minimum absolute atomic E-state index is 0.0932. The molecule has 0 saturated carbocycles. The summed E-state index contributed by atoms with van der Waals surface area (Å²) in [4.78, 5) is 40.1. The Balaban J connectivity index is 1.64. The highest BCUT2D eigenvalue weighted by atomic mass is 32.1. The Kier molecular flexibility index (Phi) is 8.18. The molecule has 0 radical (unpaired) electrons. The van der Waals surface area contributed by atoms with E-state index in [0.717, 1.165) is 23.1 Å². The van der Waals surface area contributed by atoms with Crippen LogP contribution in [-0.2, 0) is 11.8 Å². The summed E-state index contributed by atoms with van der Waals surface area (Å²) in [5, 5.41) is 9.35. The topological polar surface area (TPSA) is 105 Å². The number of nitrogens with one attached hydrogen (secondary N) is 3. The smallest absolute Gasteiger partial charge is 0.412 e. The predicted octanol–water partition coefficient (Wildman–Crippen LogP) is 4.52. The first kappa shape index (κ1) is 26.2. The summed E-state index contributed by atoms with van der Waals surface area (Å²) in [5.41, 5.74) is 0.827. The highest BCUT2D eigenvalue weighted by Gasteiger charge is 2.19. The number of nitrogens with zero attached hydrogens (tertiary/aromatic N) is 2. The van der Waals surface area contributed by atoms with E-state index in [9.17, 15) is 14.4 Å². The first-order valence-electron chi connectivity index (χ1n) is 11.4. The van der Waals surface area contributed by atoms with Crippen molar-refractivity contribution < 1.29 is 19.1 Å². The van der Waals surface area contributed by atoms with E-state index in [1.54, 1.807) is 50.7 Å². The molecule has 0 atom stereocenters. The van der Waals surface area contributed by atoms with Crippen molar-refractivity contribution in [1.29, 1.82) is 0 Å². The SMILES string of the molecule is CN(C)CCCNC(=O)c1cc2cc(NC(=O)c3cc(NC(=O)OC(C)(C)C)cn3C)ccc2s1. The average molecular weight is 500 g/mol. The van der Waals surface area contributed by atoms with Crippen LogP contribution in [0.5, 0.6) is 0 Å². The third-order valence-corrected chi connectivity index (χ3v) is 6.06. The molecule has 2 heterocycles. The summed E-state index contributed by atoms with van der Waals surface area (Å²) in [6.45, 7) is 6.87. The number of carbonyl (C=O) groups excluding carboxylic acids is 3. The second kappa shape index (κ2) is 10.9. The molecular weight excluding hydrogens is 466 g/mol. The molecule has 3 rings (SSSR count). The summed E-state index contributed by atoms with van der Waals surface area (Å²) in [6.07, 6.45) is 1.94. The number of hydrogen-bond donors (Lipinski definition) is 3. The Labute approximate surface area is 209 Å². The van der Waals surface area contributed by atoms with Crippen molar-refractivity contribution in [3.8, 4) is 0 Å². The molecule has 0 bridgehead atoms. The molecule has 3 amide bonds. The normalized spacial score (nSPS) is 11.5. The average Bonchev–Trinajstić information content (AvgIpc) is 3.32. The van der Waals surface area contributed by atoms with Gasteiger partial charge in [-0.25, -0.2) is 4.79 Å². The molecule has 0 aliphatic rings. The summed E-state index contributed by atoms with van der Waals surface area (Å²) in [6, 6.07) is 8.95. The molecule has 1 aromatic carbocycles. The lowest BCUT2D eigenvalue weighted by Gasteiger charge is -2.19. The summed E-state index contributed by atoms with van der Waals surface area (Å²) in [7, 11) is 5.73. The molecule has 0 spiro atoms. The van der Waals surface area contributed by atoms with Crippen molar-refractivity contribution in [2.75, 3.05) is 37.8 Å². The first-order valence-corrected chi connectivity index (χ1v) is 12.2. The third kappa shape index (κ3) is 7.56.